The van der Waals surface area contributed by atoms with Crippen LogP contribution in [0.4, 0.5) is 10.1 Å². The number of nitrogens with zero attached hydrogens (tertiary/aromatic N) is 4. The van der Waals surface area contributed by atoms with Gasteiger partial charge in [-0.15, -0.1) is 0 Å². The van der Waals surface area contributed by atoms with Gasteiger partial charge in [-0.05, 0) is 81.1 Å². The van der Waals surface area contributed by atoms with Gasteiger partial charge in [0.15, 0.2) is 6.20 Å². The Labute approximate surface area is 259 Å². The lowest BCUT2D eigenvalue weighted by molar-refractivity contribution is -0.612. The molecule has 0 saturated carbocycles. The number of halogens is 1. The van der Waals surface area contributed by atoms with Gasteiger partial charge >= 0.3 is 0 Å². The third-order valence-corrected chi connectivity index (χ3v) is 8.42. The molecule has 1 aliphatic rings. The minimum Gasteiger partial charge on any atom is -0.618 e. The molecule has 0 spiro atoms. The molecule has 1 aliphatic heterocycles. The molecule has 44 heavy (non-hydrogen) atoms. The maximum atomic E-state index is 14.9. The Morgan fingerprint density at radius 1 is 1.18 bits per heavy atom. The Bertz CT molecular complexity index is 1450. The average molecular weight is 604 g/mol. The maximum Gasteiger partial charge on any atom is 0.257 e. The normalized spacial score (nSPS) is 14.5. The van der Waals surface area contributed by atoms with Crippen LogP contribution in [0.1, 0.15) is 58.9 Å². The van der Waals surface area contributed by atoms with Crippen molar-refractivity contribution in [1.82, 2.24) is 10.2 Å². The molecule has 1 unspecified atom stereocenters. The van der Waals surface area contributed by atoms with E-state index in [1.165, 1.54) is 18.3 Å². The number of carbonyl (C=O) groups excluding carboxylic acids is 1. The van der Waals surface area contributed by atoms with Crippen LogP contribution < -0.4 is 19.7 Å². The minimum absolute atomic E-state index is 0.173. The van der Waals surface area contributed by atoms with Crippen molar-refractivity contribution in [2.24, 2.45) is 0 Å². The Balaban J connectivity index is 1.39. The van der Waals surface area contributed by atoms with E-state index in [9.17, 15) is 19.7 Å². The van der Waals surface area contributed by atoms with Crippen molar-refractivity contribution < 1.29 is 23.4 Å². The number of methoxy groups -OCH3 is 1. The number of aromatic nitrogens is 1. The molecule has 2 aromatic carbocycles. The van der Waals surface area contributed by atoms with Crippen molar-refractivity contribution in [3.8, 4) is 11.8 Å². The lowest BCUT2D eigenvalue weighted by Gasteiger charge is -2.42. The molecule has 1 atom stereocenters. The average Bonchev–Trinajstić information content (AvgIpc) is 3.03. The van der Waals surface area contributed by atoms with Gasteiger partial charge in [0, 0.05) is 69.6 Å². The van der Waals surface area contributed by atoms with Gasteiger partial charge in [-0.1, -0.05) is 0 Å². The van der Waals surface area contributed by atoms with E-state index < -0.39 is 0 Å². The fourth-order valence-electron chi connectivity index (χ4n) is 5.77. The van der Waals surface area contributed by atoms with Crippen LogP contribution in [0, 0.1) is 36.2 Å². The summed E-state index contributed by atoms with van der Waals surface area (Å²) in [5.41, 5.74) is 3.49. The second-order valence-corrected chi connectivity index (χ2v) is 11.3. The van der Waals surface area contributed by atoms with Crippen LogP contribution in [0.15, 0.2) is 54.7 Å². The highest BCUT2D eigenvalue weighted by Gasteiger charge is 2.28. The highest BCUT2D eigenvalue weighted by atomic mass is 19.1. The molecule has 0 aliphatic carbocycles. The molecule has 1 fully saturated rings. The van der Waals surface area contributed by atoms with E-state index in [1.54, 1.807) is 26.2 Å². The monoisotopic (exact) mass is 603 g/mol. The molecule has 4 rings (SSSR count). The predicted octanol–water partition coefficient (Wildman–Crippen LogP) is 4.65. The molecule has 9 nitrogen and oxygen atoms in total. The first-order valence-corrected chi connectivity index (χ1v) is 15.1. The molecule has 10 heteroatoms. The number of likely N-dealkylation sites (tertiary alicyclic amines) is 1. The number of hydrogen-bond acceptors (Lipinski definition) is 7. The summed E-state index contributed by atoms with van der Waals surface area (Å²) in [7, 11) is 1.63. The third kappa shape index (κ3) is 8.24. The highest BCUT2D eigenvalue weighted by molar-refractivity contribution is 5.96. The topological polar surface area (TPSA) is 105 Å². The number of benzene rings is 2. The van der Waals surface area contributed by atoms with Gasteiger partial charge in [-0.25, -0.2) is 4.39 Å². The molecule has 2 heterocycles. The quantitative estimate of drug-likeness (QED) is 0.172. The van der Waals surface area contributed by atoms with Gasteiger partial charge in [-0.2, -0.15) is 9.99 Å². The summed E-state index contributed by atoms with van der Waals surface area (Å²) >= 11 is 0. The second kappa shape index (κ2) is 15.5. The molecule has 234 valence electrons. The van der Waals surface area contributed by atoms with E-state index in [0.29, 0.717) is 48.7 Å². The summed E-state index contributed by atoms with van der Waals surface area (Å²) in [6.45, 7) is 9.19. The van der Waals surface area contributed by atoms with Gasteiger partial charge < -0.3 is 29.8 Å². The number of ether oxygens (including phenoxy) is 2. The lowest BCUT2D eigenvalue weighted by Crippen LogP contribution is -2.48. The number of rotatable bonds is 13. The van der Waals surface area contributed by atoms with Gasteiger partial charge in [0.05, 0.1) is 18.2 Å². The maximum absolute atomic E-state index is 14.9. The number of hydrogen-bond donors (Lipinski definition) is 1. The molecule has 3 aromatic rings. The Morgan fingerprint density at radius 2 is 1.91 bits per heavy atom. The Morgan fingerprint density at radius 3 is 2.59 bits per heavy atom. The van der Waals surface area contributed by atoms with Crippen LogP contribution in [-0.2, 0) is 11.3 Å². The smallest absolute Gasteiger partial charge is 0.257 e. The van der Waals surface area contributed by atoms with Crippen molar-refractivity contribution in [2.45, 2.75) is 58.7 Å². The SMILES string of the molecule is COCCOc1ccc(N(Cc2cc(C#N)ccc2F)C2CCN(C(C)CCNC(=O)c3c(C)cc[n+]([O-])c3C)CC2)cc1. The summed E-state index contributed by atoms with van der Waals surface area (Å²) in [6, 6.07) is 16.5. The van der Waals surface area contributed by atoms with Crippen LogP contribution >= 0.6 is 0 Å². The van der Waals surface area contributed by atoms with E-state index in [4.69, 9.17) is 9.47 Å². The number of carbonyl (C=O) groups is 1. The number of nitrogens with one attached hydrogen (secondary N) is 1. The van der Waals surface area contributed by atoms with Crippen LogP contribution in [0.25, 0.3) is 0 Å². The Hall–Kier alpha value is -4.20. The first-order chi connectivity index (χ1) is 21.2. The zero-order chi connectivity index (χ0) is 31.6. The molecule has 1 saturated heterocycles. The molecular weight excluding hydrogens is 561 g/mol. The van der Waals surface area contributed by atoms with Crippen molar-refractivity contribution in [3.63, 3.8) is 0 Å². The molecular formula is C34H42FN5O4. The molecule has 1 N–H and O–H groups in total. The fourth-order valence-corrected chi connectivity index (χ4v) is 5.77. The predicted molar refractivity (Wildman–Crippen MR) is 167 cm³/mol. The van der Waals surface area contributed by atoms with E-state index in [0.717, 1.165) is 54.1 Å². The van der Waals surface area contributed by atoms with Crippen LogP contribution in [0.2, 0.25) is 0 Å². The molecule has 0 bridgehead atoms. The first-order valence-electron chi connectivity index (χ1n) is 15.1. The summed E-state index contributed by atoms with van der Waals surface area (Å²) < 4.78 is 26.4. The summed E-state index contributed by atoms with van der Waals surface area (Å²) in [6.07, 6.45) is 3.96. The van der Waals surface area contributed by atoms with Crippen LogP contribution in [-0.4, -0.2) is 62.8 Å². The highest BCUT2D eigenvalue weighted by Crippen LogP contribution is 2.29. The van der Waals surface area contributed by atoms with E-state index in [1.807, 2.05) is 31.2 Å². The minimum atomic E-state index is -0.326. The van der Waals surface area contributed by atoms with Crippen molar-refractivity contribution in [2.75, 3.05) is 44.9 Å². The van der Waals surface area contributed by atoms with Crippen molar-refractivity contribution in [3.05, 3.63) is 93.7 Å². The van der Waals surface area contributed by atoms with Crippen molar-refractivity contribution in [1.29, 1.82) is 5.26 Å². The molecule has 1 aromatic heterocycles. The number of amides is 1. The standard InChI is InChI=1S/C34H42FN5O4/c1-24-12-18-40(42)26(3)33(24)34(41)37-15-11-25(2)38-16-13-30(14-17-38)39(23-28-21-27(22-36)5-10-32(28)35)29-6-8-31(9-7-29)44-20-19-43-4/h5-10,12,18,21,25,30H,11,13-17,19-20,23H2,1-4H3,(H,37,41). The second-order valence-electron chi connectivity index (χ2n) is 11.3. The fraction of sp³-hybridized carbons (Fsp3) is 0.441. The van der Waals surface area contributed by atoms with Crippen molar-refractivity contribution >= 4 is 11.6 Å². The van der Waals surface area contributed by atoms with Crippen LogP contribution in [0.5, 0.6) is 5.75 Å². The Kier molecular flexibility index (Phi) is 11.5. The van der Waals surface area contributed by atoms with Crippen LogP contribution in [0.3, 0.4) is 0 Å². The van der Waals surface area contributed by atoms with E-state index in [2.05, 4.69) is 28.1 Å². The zero-order valence-corrected chi connectivity index (χ0v) is 26.0. The molecule has 0 radical (unpaired) electrons. The number of piperidine rings is 1. The number of nitriles is 1. The summed E-state index contributed by atoms with van der Waals surface area (Å²) in [4.78, 5) is 17.5. The van der Waals surface area contributed by atoms with E-state index in [-0.39, 0.29) is 23.8 Å². The number of aryl methyl sites for hydroxylation is 1. The summed E-state index contributed by atoms with van der Waals surface area (Å²) in [5, 5.41) is 24.3. The van der Waals surface area contributed by atoms with Gasteiger partial charge in [0.25, 0.3) is 5.91 Å². The lowest BCUT2D eigenvalue weighted by atomic mass is 9.98. The largest absolute Gasteiger partial charge is 0.618 e. The first kappa shape index (κ1) is 32.7. The van der Waals surface area contributed by atoms with Gasteiger partial charge in [-0.3, -0.25) is 4.79 Å². The number of pyridine rings is 1. The van der Waals surface area contributed by atoms with E-state index >= 15 is 0 Å². The molecule has 1 amide bonds. The third-order valence-electron chi connectivity index (χ3n) is 8.42. The van der Waals surface area contributed by atoms with Gasteiger partial charge in [0.2, 0.25) is 5.69 Å². The number of anilines is 1. The zero-order valence-electron chi connectivity index (χ0n) is 26.0. The summed E-state index contributed by atoms with van der Waals surface area (Å²) in [5.74, 6) is 0.186. The van der Waals surface area contributed by atoms with Gasteiger partial charge in [0.1, 0.15) is 23.7 Å².